The van der Waals surface area contributed by atoms with E-state index in [2.05, 4.69) is 42.3 Å². The second kappa shape index (κ2) is 16.8. The van der Waals surface area contributed by atoms with Gasteiger partial charge >= 0.3 is 0 Å². The SMILES string of the molecule is CCC(/C=C\C(=N)OCCOc1c(Cl)cc(C)cc1Cl)C1CCNCC1C(=O)N(CC1CC(CCOC)=CC=C1C)C1CC1. The van der Waals surface area contributed by atoms with Gasteiger partial charge in [0.25, 0.3) is 0 Å². The molecule has 1 saturated heterocycles. The van der Waals surface area contributed by atoms with E-state index in [0.717, 1.165) is 63.8 Å². The second-order valence-corrected chi connectivity index (χ2v) is 13.2. The lowest BCUT2D eigenvalue weighted by Gasteiger charge is -2.39. The molecular formula is C35H49Cl2N3O4. The average Bonchev–Trinajstić information content (AvgIpc) is 3.85. The van der Waals surface area contributed by atoms with Gasteiger partial charge in [0.1, 0.15) is 13.2 Å². The summed E-state index contributed by atoms with van der Waals surface area (Å²) in [6, 6.07) is 3.96. The summed E-state index contributed by atoms with van der Waals surface area (Å²) in [5.74, 6) is 1.45. The molecule has 9 heteroatoms. The second-order valence-electron chi connectivity index (χ2n) is 12.4. The molecule has 1 aromatic carbocycles. The van der Waals surface area contributed by atoms with Crippen molar-refractivity contribution in [2.45, 2.75) is 65.3 Å². The minimum atomic E-state index is -0.0807. The number of aryl methyl sites for hydroxylation is 1. The Morgan fingerprint density at radius 1 is 1.14 bits per heavy atom. The average molecular weight is 647 g/mol. The van der Waals surface area contributed by atoms with Crippen LogP contribution in [0.4, 0.5) is 0 Å². The number of methoxy groups -OCH3 is 1. The number of carbonyl (C=O) groups excluding carboxylic acids is 1. The van der Waals surface area contributed by atoms with Crippen LogP contribution in [-0.4, -0.2) is 69.3 Å². The first-order chi connectivity index (χ1) is 21.2. The van der Waals surface area contributed by atoms with E-state index in [1.165, 1.54) is 11.1 Å². The smallest absolute Gasteiger partial charge is 0.227 e. The molecule has 1 saturated carbocycles. The molecule has 0 radical (unpaired) electrons. The molecule has 0 aromatic heterocycles. The minimum absolute atomic E-state index is 0.0708. The topological polar surface area (TPSA) is 83.9 Å². The maximum Gasteiger partial charge on any atom is 0.227 e. The Hall–Kier alpha value is -2.32. The van der Waals surface area contributed by atoms with Crippen molar-refractivity contribution < 1.29 is 19.0 Å². The monoisotopic (exact) mass is 645 g/mol. The fourth-order valence-electron chi connectivity index (χ4n) is 6.44. The molecule has 4 rings (SSSR count). The summed E-state index contributed by atoms with van der Waals surface area (Å²) in [4.78, 5) is 16.5. The third kappa shape index (κ3) is 9.59. The van der Waals surface area contributed by atoms with E-state index in [1.807, 2.05) is 6.92 Å². The van der Waals surface area contributed by atoms with Crippen molar-refractivity contribution in [2.24, 2.45) is 23.7 Å². The van der Waals surface area contributed by atoms with Crippen molar-refractivity contribution in [2.75, 3.05) is 46.6 Å². The molecule has 0 spiro atoms. The van der Waals surface area contributed by atoms with E-state index in [4.69, 9.17) is 42.8 Å². The maximum absolute atomic E-state index is 14.2. The summed E-state index contributed by atoms with van der Waals surface area (Å²) in [5, 5.41) is 12.7. The third-order valence-corrected chi connectivity index (χ3v) is 9.71. The van der Waals surface area contributed by atoms with E-state index in [0.29, 0.717) is 34.3 Å². The van der Waals surface area contributed by atoms with Crippen molar-refractivity contribution in [1.82, 2.24) is 10.2 Å². The van der Waals surface area contributed by atoms with Crippen LogP contribution in [0.1, 0.15) is 57.9 Å². The number of ether oxygens (including phenoxy) is 3. The molecule has 3 aliphatic rings. The normalized spacial score (nSPS) is 22.7. The highest BCUT2D eigenvalue weighted by Crippen LogP contribution is 2.38. The van der Waals surface area contributed by atoms with Crippen molar-refractivity contribution in [3.8, 4) is 5.75 Å². The number of allylic oxidation sites excluding steroid dienone is 3. The standard InChI is InChI=1S/C35H49Cl2N3O4/c1-5-26(8-11-33(38)43-16-17-44-34-31(36)18-23(2)19-32(34)37)29-12-14-39-21-30(29)35(41)40(28-9-10-28)22-27-20-25(13-15-42-4)7-6-24(27)3/h6-8,11,18-19,26-30,38-39H,5,9-10,12-17,20-22H2,1-4H3/b11-8-,38-33?. The van der Waals surface area contributed by atoms with Gasteiger partial charge < -0.3 is 24.4 Å². The molecule has 1 amide bonds. The number of halogens is 2. The molecule has 44 heavy (non-hydrogen) atoms. The van der Waals surface area contributed by atoms with Crippen LogP contribution in [0.5, 0.6) is 5.75 Å². The number of hydrogen-bond acceptors (Lipinski definition) is 6. The molecule has 2 aliphatic carbocycles. The summed E-state index contributed by atoms with van der Waals surface area (Å²) in [7, 11) is 1.74. The van der Waals surface area contributed by atoms with Crippen LogP contribution in [0.25, 0.3) is 0 Å². The Morgan fingerprint density at radius 3 is 2.57 bits per heavy atom. The zero-order chi connectivity index (χ0) is 31.6. The lowest BCUT2D eigenvalue weighted by atomic mass is 9.75. The molecule has 1 heterocycles. The molecule has 1 aromatic rings. The predicted molar refractivity (Wildman–Crippen MR) is 179 cm³/mol. The number of rotatable bonds is 15. The molecule has 0 bridgehead atoms. The molecule has 2 N–H and O–H groups in total. The summed E-state index contributed by atoms with van der Waals surface area (Å²) in [5.41, 5.74) is 3.71. The lowest BCUT2D eigenvalue weighted by molar-refractivity contribution is -0.139. The van der Waals surface area contributed by atoms with Gasteiger partial charge in [-0.1, -0.05) is 59.5 Å². The molecule has 4 atom stereocenters. The van der Waals surface area contributed by atoms with Crippen molar-refractivity contribution in [3.63, 3.8) is 0 Å². The summed E-state index contributed by atoms with van der Waals surface area (Å²) >= 11 is 12.5. The van der Waals surface area contributed by atoms with Gasteiger partial charge in [-0.15, -0.1) is 0 Å². The highest BCUT2D eigenvalue weighted by Gasteiger charge is 2.42. The highest BCUT2D eigenvalue weighted by atomic mass is 35.5. The zero-order valence-corrected chi connectivity index (χ0v) is 28.2. The Kier molecular flexibility index (Phi) is 13.2. The van der Waals surface area contributed by atoms with Crippen LogP contribution in [0.2, 0.25) is 10.0 Å². The van der Waals surface area contributed by atoms with Gasteiger partial charge in [0, 0.05) is 38.8 Å². The Balaban J connectivity index is 1.34. The molecule has 7 nitrogen and oxygen atoms in total. The van der Waals surface area contributed by atoms with E-state index in [1.54, 1.807) is 25.3 Å². The van der Waals surface area contributed by atoms with Gasteiger partial charge in [0.15, 0.2) is 5.75 Å². The largest absolute Gasteiger partial charge is 0.487 e. The number of piperidine rings is 1. The van der Waals surface area contributed by atoms with Crippen LogP contribution in [0.3, 0.4) is 0 Å². The Morgan fingerprint density at radius 2 is 1.89 bits per heavy atom. The number of hydrogen-bond donors (Lipinski definition) is 2. The number of nitrogens with one attached hydrogen (secondary N) is 2. The summed E-state index contributed by atoms with van der Waals surface area (Å²) in [6.45, 7) is 9.80. The lowest BCUT2D eigenvalue weighted by Crippen LogP contribution is -2.50. The number of nitrogens with zero attached hydrogens (tertiary/aromatic N) is 1. The summed E-state index contributed by atoms with van der Waals surface area (Å²) in [6.07, 6.45) is 14.2. The van der Waals surface area contributed by atoms with Gasteiger partial charge in [-0.25, -0.2) is 0 Å². The van der Waals surface area contributed by atoms with Crippen molar-refractivity contribution in [1.29, 1.82) is 5.41 Å². The van der Waals surface area contributed by atoms with Crippen LogP contribution < -0.4 is 10.1 Å². The van der Waals surface area contributed by atoms with E-state index in [9.17, 15) is 4.79 Å². The first-order valence-electron chi connectivity index (χ1n) is 16.1. The Labute approximate surface area is 273 Å². The van der Waals surface area contributed by atoms with Crippen LogP contribution in [-0.2, 0) is 14.3 Å². The van der Waals surface area contributed by atoms with E-state index >= 15 is 0 Å². The molecule has 242 valence electrons. The first-order valence-corrected chi connectivity index (χ1v) is 16.8. The summed E-state index contributed by atoms with van der Waals surface area (Å²) < 4.78 is 16.6. The molecule has 2 fully saturated rings. The highest BCUT2D eigenvalue weighted by molar-refractivity contribution is 6.37. The first kappa shape index (κ1) is 34.6. The van der Waals surface area contributed by atoms with Crippen molar-refractivity contribution >= 4 is 35.0 Å². The zero-order valence-electron chi connectivity index (χ0n) is 26.7. The van der Waals surface area contributed by atoms with Gasteiger partial charge in [0.2, 0.25) is 11.8 Å². The van der Waals surface area contributed by atoms with E-state index < -0.39 is 0 Å². The van der Waals surface area contributed by atoms with Crippen LogP contribution in [0, 0.1) is 36.0 Å². The van der Waals surface area contributed by atoms with Gasteiger partial charge in [0.05, 0.1) is 16.0 Å². The van der Waals surface area contributed by atoms with Gasteiger partial charge in [-0.05, 0) is 94.5 Å². The molecular weight excluding hydrogens is 597 g/mol. The number of benzene rings is 1. The quantitative estimate of drug-likeness (QED) is 0.118. The fourth-order valence-corrected chi connectivity index (χ4v) is 7.14. The fraction of sp³-hybridized carbons (Fsp3) is 0.600. The molecule has 4 unspecified atom stereocenters. The Bertz CT molecular complexity index is 1220. The minimum Gasteiger partial charge on any atom is -0.487 e. The predicted octanol–water partition coefficient (Wildman–Crippen LogP) is 7.40. The van der Waals surface area contributed by atoms with E-state index in [-0.39, 0.29) is 42.8 Å². The van der Waals surface area contributed by atoms with Crippen LogP contribution >= 0.6 is 23.2 Å². The van der Waals surface area contributed by atoms with Crippen LogP contribution in [0.15, 0.2) is 47.6 Å². The third-order valence-electron chi connectivity index (χ3n) is 9.15. The van der Waals surface area contributed by atoms with Gasteiger partial charge in [-0.2, -0.15) is 0 Å². The van der Waals surface area contributed by atoms with Crippen molar-refractivity contribution in [3.05, 3.63) is 63.2 Å². The number of amides is 1. The maximum atomic E-state index is 14.2. The molecule has 1 aliphatic heterocycles. The van der Waals surface area contributed by atoms with Gasteiger partial charge in [-0.3, -0.25) is 10.2 Å². The number of carbonyl (C=O) groups is 1.